The zero-order valence-corrected chi connectivity index (χ0v) is 17.5. The fourth-order valence-corrected chi connectivity index (χ4v) is 2.70. The van der Waals surface area contributed by atoms with Crippen molar-refractivity contribution in [2.45, 2.75) is 17.1 Å². The van der Waals surface area contributed by atoms with Crippen LogP contribution in [0.2, 0.25) is 0 Å². The van der Waals surface area contributed by atoms with Crippen molar-refractivity contribution in [3.05, 3.63) is 30.3 Å². The smallest absolute Gasteiger partial charge is 0.239 e. The van der Waals surface area contributed by atoms with Crippen molar-refractivity contribution in [2.75, 3.05) is 40.4 Å². The Kier molecular flexibility index (Phi) is 13.8. The molecule has 1 amide bonds. The van der Waals surface area contributed by atoms with Crippen LogP contribution in [0.25, 0.3) is 0 Å². The molecule has 136 valence electrons. The van der Waals surface area contributed by atoms with Gasteiger partial charge >= 0.3 is 0 Å². The van der Waals surface area contributed by atoms with Crippen LogP contribution in [-0.4, -0.2) is 57.5 Å². The van der Waals surface area contributed by atoms with Gasteiger partial charge in [-0.25, -0.2) is 0 Å². The van der Waals surface area contributed by atoms with E-state index in [2.05, 4.69) is 40.0 Å². The lowest BCUT2D eigenvalue weighted by Crippen LogP contribution is -2.45. The molecule has 0 fully saturated rings. The first kappa shape index (κ1) is 23.0. The molecule has 1 rings (SSSR count). The Morgan fingerprint density at radius 2 is 1.96 bits per heavy atom. The van der Waals surface area contributed by atoms with Crippen LogP contribution >= 0.6 is 35.7 Å². The second-order valence-electron chi connectivity index (χ2n) is 4.89. The van der Waals surface area contributed by atoms with E-state index in [9.17, 15) is 4.79 Å². The minimum Gasteiger partial charge on any atom is -0.383 e. The topological polar surface area (TPSA) is 74.8 Å². The molecule has 0 aliphatic rings. The van der Waals surface area contributed by atoms with Gasteiger partial charge in [-0.1, -0.05) is 25.1 Å². The van der Waals surface area contributed by atoms with Crippen LogP contribution in [0.1, 0.15) is 6.92 Å². The van der Waals surface area contributed by atoms with E-state index in [-0.39, 0.29) is 36.4 Å². The third-order valence-electron chi connectivity index (χ3n) is 2.91. The first-order chi connectivity index (χ1) is 11.2. The maximum atomic E-state index is 11.6. The van der Waals surface area contributed by atoms with Gasteiger partial charge in [-0.2, -0.15) is 0 Å². The zero-order valence-electron chi connectivity index (χ0n) is 14.4. The molecule has 0 saturated heterocycles. The van der Waals surface area contributed by atoms with E-state index in [4.69, 9.17) is 4.74 Å². The number of rotatable bonds is 9. The molecule has 1 unspecified atom stereocenters. The molecule has 24 heavy (non-hydrogen) atoms. The summed E-state index contributed by atoms with van der Waals surface area (Å²) in [5.74, 6) is 0.532. The fraction of sp³-hybridized carbons (Fsp3) is 0.500. The van der Waals surface area contributed by atoms with Crippen molar-refractivity contribution < 1.29 is 9.53 Å². The van der Waals surface area contributed by atoms with E-state index >= 15 is 0 Å². The first-order valence-corrected chi connectivity index (χ1v) is 8.45. The number of carbonyl (C=O) groups is 1. The van der Waals surface area contributed by atoms with Crippen LogP contribution in [0.4, 0.5) is 0 Å². The summed E-state index contributed by atoms with van der Waals surface area (Å²) in [7, 11) is 3.29. The number of guanidine groups is 1. The second kappa shape index (κ2) is 14.4. The molecule has 0 aliphatic heterocycles. The van der Waals surface area contributed by atoms with Gasteiger partial charge in [0.05, 0.1) is 13.2 Å². The van der Waals surface area contributed by atoms with Gasteiger partial charge < -0.3 is 20.7 Å². The molecule has 0 spiro atoms. The third-order valence-corrected chi connectivity index (χ3v) is 4.02. The number of carbonyl (C=O) groups excluding carboxylic acids is 1. The number of aliphatic imine (C=N–C) groups is 1. The highest BCUT2D eigenvalue weighted by Crippen LogP contribution is 2.21. The van der Waals surface area contributed by atoms with Gasteiger partial charge in [0.1, 0.15) is 0 Å². The molecule has 0 saturated carbocycles. The predicted molar refractivity (Wildman–Crippen MR) is 111 cm³/mol. The summed E-state index contributed by atoms with van der Waals surface area (Å²) >= 11 is 1.80. The Bertz CT molecular complexity index is 488. The maximum Gasteiger partial charge on any atom is 0.239 e. The molecule has 3 N–H and O–H groups in total. The van der Waals surface area contributed by atoms with Crippen molar-refractivity contribution in [3.63, 3.8) is 0 Å². The fourth-order valence-electron chi connectivity index (χ4n) is 1.75. The molecule has 0 aromatic heterocycles. The standard InChI is InChI=1S/C16H26N4O2S.HI/c1-13(23-14-7-5-4-6-8-14)11-19-16(17-2)20-12-15(21)18-9-10-22-3;/h4-8,13H,9-12H2,1-3H3,(H,18,21)(H2,17,19,20);1H. The lowest BCUT2D eigenvalue weighted by atomic mass is 10.4. The predicted octanol–water partition coefficient (Wildman–Crippen LogP) is 1.71. The summed E-state index contributed by atoms with van der Waals surface area (Å²) in [6.45, 7) is 4.10. The van der Waals surface area contributed by atoms with Gasteiger partial charge in [0.15, 0.2) is 5.96 Å². The van der Waals surface area contributed by atoms with Crippen molar-refractivity contribution in [2.24, 2.45) is 4.99 Å². The van der Waals surface area contributed by atoms with Crippen LogP contribution in [-0.2, 0) is 9.53 Å². The Labute approximate surface area is 165 Å². The molecular weight excluding hydrogens is 439 g/mol. The molecule has 0 aliphatic carbocycles. The minimum atomic E-state index is -0.0864. The molecule has 1 aromatic rings. The number of benzene rings is 1. The number of ether oxygens (including phenoxy) is 1. The van der Waals surface area contributed by atoms with Crippen LogP contribution in [0.3, 0.4) is 0 Å². The number of nitrogens with one attached hydrogen (secondary N) is 3. The number of hydrogen-bond donors (Lipinski definition) is 3. The number of nitrogens with zero attached hydrogens (tertiary/aromatic N) is 1. The highest BCUT2D eigenvalue weighted by Gasteiger charge is 2.07. The van der Waals surface area contributed by atoms with Gasteiger partial charge in [-0.15, -0.1) is 35.7 Å². The lowest BCUT2D eigenvalue weighted by Gasteiger charge is -2.15. The third kappa shape index (κ3) is 10.7. The minimum absolute atomic E-state index is 0. The molecule has 8 heteroatoms. The largest absolute Gasteiger partial charge is 0.383 e. The Morgan fingerprint density at radius 3 is 2.58 bits per heavy atom. The average Bonchev–Trinajstić information content (AvgIpc) is 2.56. The summed E-state index contributed by atoms with van der Waals surface area (Å²) < 4.78 is 4.88. The maximum absolute atomic E-state index is 11.6. The van der Waals surface area contributed by atoms with E-state index in [1.54, 1.807) is 25.9 Å². The second-order valence-corrected chi connectivity index (χ2v) is 6.40. The Balaban J connectivity index is 0.00000529. The van der Waals surface area contributed by atoms with Gasteiger partial charge in [-0.05, 0) is 12.1 Å². The van der Waals surface area contributed by atoms with Gasteiger partial charge in [-0.3, -0.25) is 9.79 Å². The van der Waals surface area contributed by atoms with E-state index in [1.807, 2.05) is 18.2 Å². The summed E-state index contributed by atoms with van der Waals surface area (Å²) in [6.07, 6.45) is 0. The van der Waals surface area contributed by atoms with E-state index in [0.29, 0.717) is 24.4 Å². The average molecular weight is 466 g/mol. The SMILES string of the molecule is CN=C(NCC(=O)NCCOC)NCC(C)Sc1ccccc1.I. The summed E-state index contributed by atoms with van der Waals surface area (Å²) in [4.78, 5) is 17.0. The molecule has 1 atom stereocenters. The molecule has 1 aromatic carbocycles. The molecule has 0 bridgehead atoms. The summed E-state index contributed by atoms with van der Waals surface area (Å²) in [5.41, 5.74) is 0. The van der Waals surface area contributed by atoms with E-state index < -0.39 is 0 Å². The molecular formula is C16H27IN4O2S. The van der Waals surface area contributed by atoms with Gasteiger partial charge in [0.2, 0.25) is 5.91 Å². The van der Waals surface area contributed by atoms with Gasteiger partial charge in [0, 0.05) is 37.4 Å². The van der Waals surface area contributed by atoms with Crippen LogP contribution < -0.4 is 16.0 Å². The summed E-state index contributed by atoms with van der Waals surface area (Å²) in [5, 5.41) is 9.35. The number of methoxy groups -OCH3 is 1. The molecule has 0 radical (unpaired) electrons. The van der Waals surface area contributed by atoms with Gasteiger partial charge in [0.25, 0.3) is 0 Å². The lowest BCUT2D eigenvalue weighted by molar-refractivity contribution is -0.120. The first-order valence-electron chi connectivity index (χ1n) is 7.57. The monoisotopic (exact) mass is 466 g/mol. The number of halogens is 1. The Hall–Kier alpha value is -1.000. The molecule has 0 heterocycles. The van der Waals surface area contributed by atoms with E-state index in [1.165, 1.54) is 4.90 Å². The molecule has 6 nitrogen and oxygen atoms in total. The zero-order chi connectivity index (χ0) is 16.9. The van der Waals surface area contributed by atoms with Crippen molar-refractivity contribution in [3.8, 4) is 0 Å². The van der Waals surface area contributed by atoms with Crippen molar-refractivity contribution >= 4 is 47.6 Å². The normalized spacial score (nSPS) is 12.0. The number of amides is 1. The van der Waals surface area contributed by atoms with E-state index in [0.717, 1.165) is 6.54 Å². The van der Waals surface area contributed by atoms with Crippen molar-refractivity contribution in [1.82, 2.24) is 16.0 Å². The highest BCUT2D eigenvalue weighted by atomic mass is 127. The number of hydrogen-bond acceptors (Lipinski definition) is 4. The summed E-state index contributed by atoms with van der Waals surface area (Å²) in [6, 6.07) is 10.3. The van der Waals surface area contributed by atoms with Crippen LogP contribution in [0, 0.1) is 0 Å². The Morgan fingerprint density at radius 1 is 1.25 bits per heavy atom. The highest BCUT2D eigenvalue weighted by molar-refractivity contribution is 14.0. The quantitative estimate of drug-likeness (QED) is 0.170. The van der Waals surface area contributed by atoms with Crippen LogP contribution in [0.5, 0.6) is 0 Å². The van der Waals surface area contributed by atoms with Crippen LogP contribution in [0.15, 0.2) is 40.2 Å². The number of thioether (sulfide) groups is 1. The van der Waals surface area contributed by atoms with Crippen molar-refractivity contribution in [1.29, 1.82) is 0 Å².